The summed E-state index contributed by atoms with van der Waals surface area (Å²) in [5.41, 5.74) is 1.94. The van der Waals surface area contributed by atoms with Crippen molar-refractivity contribution in [2.24, 2.45) is 0 Å². The van der Waals surface area contributed by atoms with Gasteiger partial charge in [-0.25, -0.2) is 23.1 Å². The molecule has 0 saturated carbocycles. The van der Waals surface area contributed by atoms with Gasteiger partial charge < -0.3 is 19.5 Å². The monoisotopic (exact) mass is 547 g/mol. The van der Waals surface area contributed by atoms with Gasteiger partial charge in [0.15, 0.2) is 0 Å². The van der Waals surface area contributed by atoms with Crippen LogP contribution in [0.5, 0.6) is 5.75 Å². The summed E-state index contributed by atoms with van der Waals surface area (Å²) in [6.45, 7) is 2.75. The highest BCUT2D eigenvalue weighted by Crippen LogP contribution is 2.39. The zero-order valence-electron chi connectivity index (χ0n) is 21.8. The van der Waals surface area contributed by atoms with Crippen molar-refractivity contribution >= 4 is 17.3 Å². The molecule has 1 N–H and O–H groups in total. The molecule has 1 aromatic carbocycles. The second-order valence-corrected chi connectivity index (χ2v) is 9.67. The lowest BCUT2D eigenvalue weighted by Gasteiger charge is -2.42. The fourth-order valence-corrected chi connectivity index (χ4v) is 5.27. The number of aromatic nitrogens is 3. The third-order valence-electron chi connectivity index (χ3n) is 7.23. The number of anilines is 1. The van der Waals surface area contributed by atoms with Crippen LogP contribution in [0.3, 0.4) is 0 Å². The van der Waals surface area contributed by atoms with E-state index in [1.807, 2.05) is 30.0 Å². The number of hydrogen-bond donors (Lipinski definition) is 1. The van der Waals surface area contributed by atoms with Crippen molar-refractivity contribution in [1.29, 1.82) is 5.26 Å². The fraction of sp³-hybridized carbons (Fsp3) is 0.310. The molecule has 0 atom stereocenters. The summed E-state index contributed by atoms with van der Waals surface area (Å²) in [6.07, 6.45) is 5.78. The molecule has 0 aliphatic carbocycles. The van der Waals surface area contributed by atoms with Crippen molar-refractivity contribution in [3.63, 3.8) is 0 Å². The Hall–Kier alpha value is -4.56. The lowest BCUT2D eigenvalue weighted by atomic mass is 9.73. The first-order valence-corrected chi connectivity index (χ1v) is 12.8. The van der Waals surface area contributed by atoms with E-state index in [0.717, 1.165) is 23.3 Å². The van der Waals surface area contributed by atoms with E-state index in [4.69, 9.17) is 14.6 Å². The highest BCUT2D eigenvalue weighted by molar-refractivity contribution is 5.85. The van der Waals surface area contributed by atoms with E-state index >= 15 is 0 Å². The number of aliphatic carboxylic acids is 1. The maximum Gasteiger partial charge on any atom is 0.329 e. The Morgan fingerprint density at radius 3 is 2.65 bits per heavy atom. The number of nitriles is 1. The number of carbonyl (C=O) groups is 1. The average molecular weight is 548 g/mol. The highest BCUT2D eigenvalue weighted by atomic mass is 19.1. The Labute approximate surface area is 229 Å². The van der Waals surface area contributed by atoms with Crippen LogP contribution in [0.15, 0.2) is 55.0 Å². The zero-order valence-corrected chi connectivity index (χ0v) is 21.8. The number of fused-ring (bicyclic) bond motifs is 1. The summed E-state index contributed by atoms with van der Waals surface area (Å²) >= 11 is 0. The average Bonchev–Trinajstić information content (AvgIpc) is 3.37. The van der Waals surface area contributed by atoms with Gasteiger partial charge in [0.2, 0.25) is 0 Å². The quantitative estimate of drug-likeness (QED) is 0.324. The number of carboxylic acids is 1. The Kier molecular flexibility index (Phi) is 7.62. The number of pyridine rings is 2. The molecule has 0 unspecified atom stereocenters. The van der Waals surface area contributed by atoms with Crippen molar-refractivity contribution in [2.45, 2.75) is 25.2 Å². The van der Waals surface area contributed by atoms with Crippen LogP contribution < -0.4 is 9.64 Å². The van der Waals surface area contributed by atoms with Crippen LogP contribution in [0.25, 0.3) is 16.6 Å². The largest absolute Gasteiger partial charge is 0.492 e. The van der Waals surface area contributed by atoms with Crippen LogP contribution in [-0.2, 0) is 14.9 Å². The molecule has 1 fully saturated rings. The van der Waals surface area contributed by atoms with Gasteiger partial charge in [-0.05, 0) is 61.7 Å². The van der Waals surface area contributed by atoms with Gasteiger partial charge in [-0.1, -0.05) is 0 Å². The van der Waals surface area contributed by atoms with Gasteiger partial charge in [-0.15, -0.1) is 0 Å². The number of ether oxygens (including phenoxy) is 2. The topological polar surface area (TPSA) is 113 Å². The summed E-state index contributed by atoms with van der Waals surface area (Å²) in [7, 11) is 0. The third-order valence-corrected chi connectivity index (χ3v) is 7.23. The van der Waals surface area contributed by atoms with Crippen LogP contribution in [0.2, 0.25) is 0 Å². The van der Waals surface area contributed by atoms with Crippen molar-refractivity contribution in [3.8, 4) is 22.9 Å². The molecule has 1 aliphatic rings. The van der Waals surface area contributed by atoms with Crippen LogP contribution in [0.4, 0.5) is 14.6 Å². The summed E-state index contributed by atoms with van der Waals surface area (Å²) in [4.78, 5) is 17.7. The summed E-state index contributed by atoms with van der Waals surface area (Å²) < 4.78 is 41.6. The van der Waals surface area contributed by atoms with Gasteiger partial charge >= 0.3 is 5.97 Å². The minimum atomic E-state index is -1.13. The maximum atomic E-state index is 14.8. The fourth-order valence-electron chi connectivity index (χ4n) is 5.27. The number of piperidine rings is 1. The van der Waals surface area contributed by atoms with Crippen molar-refractivity contribution < 1.29 is 28.2 Å². The third kappa shape index (κ3) is 5.31. The molecule has 40 heavy (non-hydrogen) atoms. The molecule has 11 heteroatoms. The zero-order chi connectivity index (χ0) is 28.3. The van der Waals surface area contributed by atoms with Crippen LogP contribution in [0.1, 0.15) is 30.9 Å². The minimum absolute atomic E-state index is 0.0430. The first-order valence-electron chi connectivity index (χ1n) is 12.8. The Balaban J connectivity index is 1.39. The molecule has 3 aromatic heterocycles. The van der Waals surface area contributed by atoms with Crippen molar-refractivity contribution in [2.75, 3.05) is 37.8 Å². The van der Waals surface area contributed by atoms with E-state index in [1.165, 1.54) is 12.3 Å². The number of benzene rings is 1. The number of carboxylic acid groups (broad SMARTS) is 1. The van der Waals surface area contributed by atoms with E-state index in [1.54, 1.807) is 16.9 Å². The molecule has 206 valence electrons. The number of halogens is 2. The molecule has 9 nitrogen and oxygen atoms in total. The Bertz CT molecular complexity index is 1570. The lowest BCUT2D eigenvalue weighted by molar-refractivity contribution is -0.143. The van der Waals surface area contributed by atoms with Crippen molar-refractivity contribution in [1.82, 2.24) is 14.6 Å². The minimum Gasteiger partial charge on any atom is -0.492 e. The van der Waals surface area contributed by atoms with E-state index in [-0.39, 0.29) is 12.2 Å². The summed E-state index contributed by atoms with van der Waals surface area (Å²) in [5, 5.41) is 22.9. The first kappa shape index (κ1) is 27.0. The Morgan fingerprint density at radius 1 is 1.18 bits per heavy atom. The van der Waals surface area contributed by atoms with Gasteiger partial charge in [0, 0.05) is 35.8 Å². The molecule has 0 spiro atoms. The van der Waals surface area contributed by atoms with Gasteiger partial charge in [0.25, 0.3) is 0 Å². The number of hydrogen-bond acceptors (Lipinski definition) is 7. The molecule has 0 amide bonds. The molecule has 0 radical (unpaired) electrons. The summed E-state index contributed by atoms with van der Waals surface area (Å²) in [6, 6.07) is 11.1. The number of nitrogens with zero attached hydrogens (tertiary/aromatic N) is 5. The van der Waals surface area contributed by atoms with E-state index in [2.05, 4.69) is 16.2 Å². The second kappa shape index (κ2) is 11.3. The van der Waals surface area contributed by atoms with Crippen LogP contribution in [0, 0.1) is 23.0 Å². The molecular weight excluding hydrogens is 520 g/mol. The van der Waals surface area contributed by atoms with Gasteiger partial charge in [0.05, 0.1) is 36.7 Å². The van der Waals surface area contributed by atoms with Gasteiger partial charge in [-0.3, -0.25) is 0 Å². The normalized spacial score (nSPS) is 14.7. The van der Waals surface area contributed by atoms with Crippen LogP contribution in [-0.4, -0.2) is 58.6 Å². The molecule has 4 aromatic rings. The standard InChI is InChI=1S/C29H27F2N5O4/c1-2-40-22-12-23(28-20(13-32)15-34-36(28)16-22)19-3-6-26(33-14-19)35-9-7-29(8-10-35,18-39-17-27(37)38)24-11-21(30)4-5-25(24)31/h3-6,11-12,14-16H,2,7-10,17-18H2,1H3,(H,37,38). The predicted molar refractivity (Wildman–Crippen MR) is 142 cm³/mol. The smallest absolute Gasteiger partial charge is 0.329 e. The maximum absolute atomic E-state index is 14.8. The van der Waals surface area contributed by atoms with Crippen LogP contribution >= 0.6 is 0 Å². The molecule has 1 aliphatic heterocycles. The highest BCUT2D eigenvalue weighted by Gasteiger charge is 2.39. The van der Waals surface area contributed by atoms with E-state index in [0.29, 0.717) is 55.2 Å². The van der Waals surface area contributed by atoms with Gasteiger partial charge in [0.1, 0.15) is 35.9 Å². The first-order chi connectivity index (χ1) is 19.3. The molecule has 5 rings (SSSR count). The number of rotatable bonds is 9. The van der Waals surface area contributed by atoms with Crippen molar-refractivity contribution in [3.05, 3.63) is 77.8 Å². The molecule has 0 bridgehead atoms. The lowest BCUT2D eigenvalue weighted by Crippen LogP contribution is -2.46. The molecule has 1 saturated heterocycles. The molecule has 4 heterocycles. The van der Waals surface area contributed by atoms with Gasteiger partial charge in [-0.2, -0.15) is 10.4 Å². The second-order valence-electron chi connectivity index (χ2n) is 9.67. The Morgan fingerprint density at radius 2 is 1.98 bits per heavy atom. The van der Waals surface area contributed by atoms with E-state index < -0.39 is 29.6 Å². The van der Waals surface area contributed by atoms with E-state index in [9.17, 15) is 18.8 Å². The molecular formula is C29H27F2N5O4. The predicted octanol–water partition coefficient (Wildman–Crippen LogP) is 4.58. The SMILES string of the molecule is CCOc1cc(-c2ccc(N3CCC(COCC(=O)O)(c4cc(F)ccc4F)CC3)nc2)c2c(C#N)cnn2c1. The summed E-state index contributed by atoms with van der Waals surface area (Å²) in [5.74, 6) is -0.917.